The van der Waals surface area contributed by atoms with Crippen molar-refractivity contribution >= 4 is 11.7 Å². The predicted molar refractivity (Wildman–Crippen MR) is 80.9 cm³/mol. The van der Waals surface area contributed by atoms with Gasteiger partial charge in [-0.3, -0.25) is 4.79 Å². The molecule has 0 fully saturated rings. The fourth-order valence-corrected chi connectivity index (χ4v) is 2.01. The Hall–Kier alpha value is -2.29. The number of hydrogen-bond acceptors (Lipinski definition) is 2. The van der Waals surface area contributed by atoms with Crippen LogP contribution in [0.2, 0.25) is 0 Å². The van der Waals surface area contributed by atoms with E-state index in [-0.39, 0.29) is 6.42 Å². The molecule has 3 nitrogen and oxygen atoms in total. The highest BCUT2D eigenvalue weighted by Crippen LogP contribution is 2.12. The average Bonchev–Trinajstić information content (AvgIpc) is 2.46. The minimum atomic E-state index is -0.799. The van der Waals surface area contributed by atoms with Crippen LogP contribution in [0.1, 0.15) is 23.6 Å². The van der Waals surface area contributed by atoms with E-state index in [1.165, 1.54) is 5.56 Å². The quantitative estimate of drug-likeness (QED) is 0.844. The molecular weight excluding hydrogens is 250 g/mol. The molecule has 2 aromatic rings. The van der Waals surface area contributed by atoms with Crippen LogP contribution in [-0.2, 0) is 24.2 Å². The number of benzene rings is 2. The molecule has 0 aliphatic heterocycles. The molecule has 0 spiro atoms. The van der Waals surface area contributed by atoms with Gasteiger partial charge in [-0.15, -0.1) is 0 Å². The lowest BCUT2D eigenvalue weighted by Gasteiger charge is -2.08. The van der Waals surface area contributed by atoms with Crippen LogP contribution >= 0.6 is 0 Å². The fourth-order valence-electron chi connectivity index (χ4n) is 2.01. The summed E-state index contributed by atoms with van der Waals surface area (Å²) in [7, 11) is 0. The van der Waals surface area contributed by atoms with Crippen LogP contribution in [0.15, 0.2) is 48.5 Å². The summed E-state index contributed by atoms with van der Waals surface area (Å²) in [5, 5.41) is 12.1. The van der Waals surface area contributed by atoms with E-state index in [1.807, 2.05) is 24.3 Å². The van der Waals surface area contributed by atoms with Gasteiger partial charge >= 0.3 is 5.97 Å². The highest BCUT2D eigenvalue weighted by molar-refractivity contribution is 5.70. The molecule has 0 aliphatic carbocycles. The summed E-state index contributed by atoms with van der Waals surface area (Å²) < 4.78 is 0. The van der Waals surface area contributed by atoms with E-state index in [0.29, 0.717) is 0 Å². The van der Waals surface area contributed by atoms with E-state index in [9.17, 15) is 4.79 Å². The third-order valence-corrected chi connectivity index (χ3v) is 3.24. The van der Waals surface area contributed by atoms with Crippen LogP contribution in [0.25, 0.3) is 0 Å². The molecule has 0 atom stereocenters. The Bertz CT molecular complexity index is 559. The zero-order chi connectivity index (χ0) is 14.4. The summed E-state index contributed by atoms with van der Waals surface area (Å²) in [6.07, 6.45) is 1.12. The van der Waals surface area contributed by atoms with Crippen molar-refractivity contribution in [2.45, 2.75) is 26.3 Å². The lowest BCUT2D eigenvalue weighted by atomic mass is 10.1. The van der Waals surface area contributed by atoms with E-state index in [0.717, 1.165) is 29.8 Å². The molecule has 0 bridgehead atoms. The van der Waals surface area contributed by atoms with Crippen LogP contribution in [-0.4, -0.2) is 11.1 Å². The normalized spacial score (nSPS) is 10.2. The molecule has 20 heavy (non-hydrogen) atoms. The Kier molecular flexibility index (Phi) is 4.77. The van der Waals surface area contributed by atoms with Gasteiger partial charge in [-0.25, -0.2) is 0 Å². The van der Waals surface area contributed by atoms with E-state index < -0.39 is 5.97 Å². The number of hydrogen-bond donors (Lipinski definition) is 2. The minimum absolute atomic E-state index is 0.0756. The van der Waals surface area contributed by atoms with Gasteiger partial charge in [0.1, 0.15) is 0 Å². The van der Waals surface area contributed by atoms with Crippen molar-refractivity contribution in [1.29, 1.82) is 0 Å². The Morgan fingerprint density at radius 2 is 1.50 bits per heavy atom. The van der Waals surface area contributed by atoms with Gasteiger partial charge in [0.15, 0.2) is 0 Å². The summed E-state index contributed by atoms with van der Waals surface area (Å²) in [6.45, 7) is 2.87. The van der Waals surface area contributed by atoms with Gasteiger partial charge in [0.2, 0.25) is 0 Å². The summed E-state index contributed by atoms with van der Waals surface area (Å²) in [5.74, 6) is -0.799. The maximum atomic E-state index is 10.6. The molecule has 2 rings (SSSR count). The maximum Gasteiger partial charge on any atom is 0.307 e. The first-order chi connectivity index (χ1) is 9.67. The second-order valence-corrected chi connectivity index (χ2v) is 4.79. The Morgan fingerprint density at radius 1 is 0.950 bits per heavy atom. The molecule has 0 saturated heterocycles. The number of aliphatic carboxylic acids is 1. The summed E-state index contributed by atoms with van der Waals surface area (Å²) >= 11 is 0. The Morgan fingerprint density at radius 3 is 2.05 bits per heavy atom. The first-order valence-corrected chi connectivity index (χ1v) is 6.80. The minimum Gasteiger partial charge on any atom is -0.481 e. The standard InChI is InChI=1S/C17H19NO2/c1-2-13-7-9-16(10-8-13)18-12-15-5-3-14(4-6-15)11-17(19)20/h3-10,18H,2,11-12H2,1H3,(H,19,20). The number of aryl methyl sites for hydroxylation is 1. The van der Waals surface area contributed by atoms with Crippen molar-refractivity contribution in [1.82, 2.24) is 0 Å². The number of carbonyl (C=O) groups is 1. The van der Waals surface area contributed by atoms with Gasteiger partial charge in [0.25, 0.3) is 0 Å². The van der Waals surface area contributed by atoms with Crippen molar-refractivity contribution in [3.05, 3.63) is 65.2 Å². The molecule has 0 heterocycles. The van der Waals surface area contributed by atoms with Crippen LogP contribution in [0.3, 0.4) is 0 Å². The third kappa shape index (κ3) is 4.12. The number of nitrogens with one attached hydrogen (secondary N) is 1. The van der Waals surface area contributed by atoms with E-state index in [1.54, 1.807) is 0 Å². The monoisotopic (exact) mass is 269 g/mol. The van der Waals surface area contributed by atoms with Gasteiger partial charge < -0.3 is 10.4 Å². The fraction of sp³-hybridized carbons (Fsp3) is 0.235. The van der Waals surface area contributed by atoms with Crippen LogP contribution in [0, 0.1) is 0 Å². The molecule has 0 aliphatic rings. The number of rotatable bonds is 6. The molecule has 0 saturated carbocycles. The second kappa shape index (κ2) is 6.75. The van der Waals surface area contributed by atoms with Gasteiger partial charge in [0, 0.05) is 12.2 Å². The molecule has 2 N–H and O–H groups in total. The first kappa shape index (κ1) is 14.1. The van der Waals surface area contributed by atoms with E-state index in [4.69, 9.17) is 5.11 Å². The summed E-state index contributed by atoms with van der Waals surface area (Å²) in [4.78, 5) is 10.6. The molecule has 3 heteroatoms. The van der Waals surface area contributed by atoms with Crippen molar-refractivity contribution in [3.63, 3.8) is 0 Å². The summed E-state index contributed by atoms with van der Waals surface area (Å²) in [5.41, 5.74) is 4.39. The predicted octanol–water partition coefficient (Wildman–Crippen LogP) is 3.49. The van der Waals surface area contributed by atoms with Gasteiger partial charge in [-0.1, -0.05) is 43.3 Å². The molecule has 0 unspecified atom stereocenters. The molecule has 0 amide bonds. The molecule has 0 radical (unpaired) electrons. The molecule has 2 aromatic carbocycles. The zero-order valence-corrected chi connectivity index (χ0v) is 11.6. The van der Waals surface area contributed by atoms with Gasteiger partial charge in [-0.05, 0) is 35.2 Å². The topological polar surface area (TPSA) is 49.3 Å². The van der Waals surface area contributed by atoms with Crippen LogP contribution in [0.5, 0.6) is 0 Å². The van der Waals surface area contributed by atoms with Crippen molar-refractivity contribution in [3.8, 4) is 0 Å². The highest BCUT2D eigenvalue weighted by Gasteiger charge is 2.00. The van der Waals surface area contributed by atoms with Gasteiger partial charge in [-0.2, -0.15) is 0 Å². The molecule has 0 aromatic heterocycles. The highest BCUT2D eigenvalue weighted by atomic mass is 16.4. The Balaban J connectivity index is 1.91. The van der Waals surface area contributed by atoms with E-state index >= 15 is 0 Å². The average molecular weight is 269 g/mol. The Labute approximate surface area is 119 Å². The van der Waals surface area contributed by atoms with Crippen molar-refractivity contribution in [2.75, 3.05) is 5.32 Å². The molecule has 104 valence electrons. The van der Waals surface area contributed by atoms with Crippen LogP contribution < -0.4 is 5.32 Å². The zero-order valence-electron chi connectivity index (χ0n) is 11.6. The maximum absolute atomic E-state index is 10.6. The summed E-state index contributed by atoms with van der Waals surface area (Å²) in [6, 6.07) is 16.1. The SMILES string of the molecule is CCc1ccc(NCc2ccc(CC(=O)O)cc2)cc1. The van der Waals surface area contributed by atoms with E-state index in [2.05, 4.69) is 36.5 Å². The number of carboxylic acids is 1. The van der Waals surface area contributed by atoms with Gasteiger partial charge in [0.05, 0.1) is 6.42 Å². The lowest BCUT2D eigenvalue weighted by molar-refractivity contribution is -0.136. The number of anilines is 1. The smallest absolute Gasteiger partial charge is 0.307 e. The lowest BCUT2D eigenvalue weighted by Crippen LogP contribution is -2.02. The van der Waals surface area contributed by atoms with Crippen LogP contribution in [0.4, 0.5) is 5.69 Å². The first-order valence-electron chi connectivity index (χ1n) is 6.80. The largest absolute Gasteiger partial charge is 0.481 e. The second-order valence-electron chi connectivity index (χ2n) is 4.79. The third-order valence-electron chi connectivity index (χ3n) is 3.24. The molecular formula is C17H19NO2. The van der Waals surface area contributed by atoms with Crippen molar-refractivity contribution < 1.29 is 9.90 Å². The number of carboxylic acid groups (broad SMARTS) is 1. The van der Waals surface area contributed by atoms with Crippen molar-refractivity contribution in [2.24, 2.45) is 0 Å².